The average Bonchev–Trinajstić information content (AvgIpc) is 2.91. The maximum Gasteiger partial charge on any atom is 0.251 e. The van der Waals surface area contributed by atoms with E-state index in [1.807, 2.05) is 60.7 Å². The van der Waals surface area contributed by atoms with E-state index in [9.17, 15) is 9.59 Å². The molecule has 6 nitrogen and oxygen atoms in total. The molecule has 1 aromatic heterocycles. The highest BCUT2D eigenvalue weighted by atomic mass is 16.2. The molecule has 2 aromatic carbocycles. The molecule has 2 heterocycles. The van der Waals surface area contributed by atoms with Crippen LogP contribution in [0.2, 0.25) is 0 Å². The van der Waals surface area contributed by atoms with Crippen molar-refractivity contribution in [2.24, 2.45) is 5.92 Å². The zero-order valence-corrected chi connectivity index (χ0v) is 20.5. The van der Waals surface area contributed by atoms with Crippen molar-refractivity contribution in [3.63, 3.8) is 0 Å². The number of carbonyl (C=O) groups is 2. The summed E-state index contributed by atoms with van der Waals surface area (Å²) in [7, 11) is 0. The normalized spacial score (nSPS) is 14.6. The zero-order chi connectivity index (χ0) is 24.6. The topological polar surface area (TPSA) is 74.3 Å². The van der Waals surface area contributed by atoms with Crippen LogP contribution in [0, 0.1) is 5.92 Å². The lowest BCUT2D eigenvalue weighted by Gasteiger charge is -2.34. The van der Waals surface area contributed by atoms with E-state index < -0.39 is 0 Å². The SMILES string of the molecule is CC(C)N1CCC(CNC(=O)c2cccc(CNC(=O)c3ccc(-c4ccncc4)cc3)c2)CC1. The van der Waals surface area contributed by atoms with Crippen LogP contribution < -0.4 is 10.6 Å². The molecule has 0 radical (unpaired) electrons. The lowest BCUT2D eigenvalue weighted by molar-refractivity contribution is 0.0928. The first kappa shape index (κ1) is 24.6. The van der Waals surface area contributed by atoms with Gasteiger partial charge in [0, 0.05) is 42.7 Å². The molecule has 1 aliphatic rings. The second-order valence-corrected chi connectivity index (χ2v) is 9.48. The van der Waals surface area contributed by atoms with Gasteiger partial charge in [-0.25, -0.2) is 0 Å². The van der Waals surface area contributed by atoms with Crippen molar-refractivity contribution in [1.82, 2.24) is 20.5 Å². The minimum Gasteiger partial charge on any atom is -0.352 e. The monoisotopic (exact) mass is 470 g/mol. The fourth-order valence-corrected chi connectivity index (χ4v) is 4.48. The molecule has 3 aromatic rings. The van der Waals surface area contributed by atoms with Crippen molar-refractivity contribution in [3.05, 3.63) is 89.7 Å². The third-order valence-corrected chi connectivity index (χ3v) is 6.73. The maximum atomic E-state index is 12.7. The van der Waals surface area contributed by atoms with E-state index in [-0.39, 0.29) is 11.8 Å². The van der Waals surface area contributed by atoms with Crippen LogP contribution in [-0.2, 0) is 6.54 Å². The van der Waals surface area contributed by atoms with Crippen LogP contribution in [0.4, 0.5) is 0 Å². The molecule has 0 aliphatic carbocycles. The number of likely N-dealkylation sites (tertiary alicyclic amines) is 1. The van der Waals surface area contributed by atoms with Crippen LogP contribution >= 0.6 is 0 Å². The summed E-state index contributed by atoms with van der Waals surface area (Å²) in [5, 5.41) is 6.05. The Morgan fingerprint density at radius 3 is 2.23 bits per heavy atom. The van der Waals surface area contributed by atoms with Gasteiger partial charge in [-0.05, 0) is 98.8 Å². The lowest BCUT2D eigenvalue weighted by Crippen LogP contribution is -2.41. The van der Waals surface area contributed by atoms with Gasteiger partial charge in [-0.2, -0.15) is 0 Å². The molecule has 4 rings (SSSR count). The number of rotatable bonds is 8. The zero-order valence-electron chi connectivity index (χ0n) is 20.5. The first-order chi connectivity index (χ1) is 17.0. The Bertz CT molecular complexity index is 1120. The summed E-state index contributed by atoms with van der Waals surface area (Å²) >= 11 is 0. The van der Waals surface area contributed by atoms with Crippen LogP contribution in [0.5, 0.6) is 0 Å². The molecular weight excluding hydrogens is 436 g/mol. The summed E-state index contributed by atoms with van der Waals surface area (Å²) in [4.78, 5) is 31.9. The smallest absolute Gasteiger partial charge is 0.251 e. The quantitative estimate of drug-likeness (QED) is 0.507. The summed E-state index contributed by atoms with van der Waals surface area (Å²) in [6.45, 7) is 7.73. The van der Waals surface area contributed by atoms with Crippen LogP contribution in [0.1, 0.15) is 53.0 Å². The fraction of sp³-hybridized carbons (Fsp3) is 0.345. The first-order valence-electron chi connectivity index (χ1n) is 12.4. The highest BCUT2D eigenvalue weighted by Crippen LogP contribution is 2.19. The van der Waals surface area contributed by atoms with Crippen molar-refractivity contribution in [3.8, 4) is 11.1 Å². The molecule has 182 valence electrons. The van der Waals surface area contributed by atoms with E-state index in [4.69, 9.17) is 0 Å². The minimum absolute atomic E-state index is 0.0591. The molecule has 1 saturated heterocycles. The third-order valence-electron chi connectivity index (χ3n) is 6.73. The number of hydrogen-bond acceptors (Lipinski definition) is 4. The summed E-state index contributed by atoms with van der Waals surface area (Å²) in [5.74, 6) is 0.325. The van der Waals surface area contributed by atoms with Crippen molar-refractivity contribution in [2.75, 3.05) is 19.6 Å². The highest BCUT2D eigenvalue weighted by Gasteiger charge is 2.21. The largest absolute Gasteiger partial charge is 0.352 e. The Morgan fingerprint density at radius 2 is 1.54 bits per heavy atom. The molecule has 0 bridgehead atoms. The van der Waals surface area contributed by atoms with Gasteiger partial charge in [0.25, 0.3) is 11.8 Å². The van der Waals surface area contributed by atoms with Crippen molar-refractivity contribution in [1.29, 1.82) is 0 Å². The minimum atomic E-state index is -0.145. The second-order valence-electron chi connectivity index (χ2n) is 9.48. The predicted molar refractivity (Wildman–Crippen MR) is 139 cm³/mol. The van der Waals surface area contributed by atoms with Crippen LogP contribution in [0.3, 0.4) is 0 Å². The summed E-state index contributed by atoms with van der Waals surface area (Å²) in [6.07, 6.45) is 5.74. The van der Waals surface area contributed by atoms with Crippen molar-refractivity contribution >= 4 is 11.8 Å². The molecule has 2 N–H and O–H groups in total. The Hall–Kier alpha value is -3.51. The van der Waals surface area contributed by atoms with Gasteiger partial charge < -0.3 is 15.5 Å². The van der Waals surface area contributed by atoms with E-state index in [1.165, 1.54) is 0 Å². The van der Waals surface area contributed by atoms with Gasteiger partial charge in [0.1, 0.15) is 0 Å². The predicted octanol–water partition coefficient (Wildman–Crippen LogP) is 4.53. The van der Waals surface area contributed by atoms with Gasteiger partial charge in [-0.15, -0.1) is 0 Å². The molecule has 0 saturated carbocycles. The fourth-order valence-electron chi connectivity index (χ4n) is 4.48. The number of hydrogen-bond donors (Lipinski definition) is 2. The Kier molecular flexibility index (Phi) is 8.27. The van der Waals surface area contributed by atoms with E-state index >= 15 is 0 Å². The van der Waals surface area contributed by atoms with Crippen LogP contribution in [0.25, 0.3) is 11.1 Å². The summed E-state index contributed by atoms with van der Waals surface area (Å²) < 4.78 is 0. The van der Waals surface area contributed by atoms with Crippen LogP contribution in [0.15, 0.2) is 73.1 Å². The Labute approximate surface area is 207 Å². The highest BCUT2D eigenvalue weighted by molar-refractivity contribution is 5.95. The van der Waals surface area contributed by atoms with E-state index in [1.54, 1.807) is 12.4 Å². The number of benzene rings is 2. The van der Waals surface area contributed by atoms with Crippen LogP contribution in [-0.4, -0.2) is 47.4 Å². The molecular formula is C29H34N4O2. The number of nitrogens with zero attached hydrogens (tertiary/aromatic N) is 2. The molecule has 0 unspecified atom stereocenters. The van der Waals surface area contributed by atoms with Gasteiger partial charge in [0.2, 0.25) is 0 Å². The standard InChI is InChI=1S/C29H34N4O2/c1-21(2)33-16-12-22(13-17-33)19-31-29(35)27-5-3-4-23(18-27)20-32-28(34)26-8-6-24(7-9-26)25-10-14-30-15-11-25/h3-11,14-15,18,21-22H,12-13,16-17,19-20H2,1-2H3,(H,31,35)(H,32,34). The van der Waals surface area contributed by atoms with Gasteiger partial charge in [-0.3, -0.25) is 14.6 Å². The van der Waals surface area contributed by atoms with Crippen molar-refractivity contribution in [2.45, 2.75) is 39.3 Å². The van der Waals surface area contributed by atoms with E-state index in [0.717, 1.165) is 42.6 Å². The molecule has 6 heteroatoms. The second kappa shape index (κ2) is 11.8. The maximum absolute atomic E-state index is 12.7. The van der Waals surface area contributed by atoms with E-state index in [2.05, 4.69) is 34.4 Å². The van der Waals surface area contributed by atoms with Gasteiger partial charge >= 0.3 is 0 Å². The van der Waals surface area contributed by atoms with Crippen molar-refractivity contribution < 1.29 is 9.59 Å². The molecule has 0 spiro atoms. The Morgan fingerprint density at radius 1 is 0.886 bits per heavy atom. The summed E-state index contributed by atoms with van der Waals surface area (Å²) in [5.41, 5.74) is 4.21. The first-order valence-corrected chi connectivity index (χ1v) is 12.4. The number of piperidine rings is 1. The molecule has 0 atom stereocenters. The third kappa shape index (κ3) is 6.76. The number of amides is 2. The molecule has 2 amide bonds. The number of aromatic nitrogens is 1. The molecule has 35 heavy (non-hydrogen) atoms. The van der Waals surface area contributed by atoms with Gasteiger partial charge in [0.15, 0.2) is 0 Å². The Balaban J connectivity index is 1.26. The van der Waals surface area contributed by atoms with Gasteiger partial charge in [0.05, 0.1) is 0 Å². The lowest BCUT2D eigenvalue weighted by atomic mass is 9.96. The molecule has 1 fully saturated rings. The summed E-state index contributed by atoms with van der Waals surface area (Å²) in [6, 6.07) is 19.4. The van der Waals surface area contributed by atoms with Gasteiger partial charge in [-0.1, -0.05) is 24.3 Å². The van der Waals surface area contributed by atoms with E-state index in [0.29, 0.717) is 36.2 Å². The number of nitrogens with one attached hydrogen (secondary N) is 2. The average molecular weight is 471 g/mol. The number of pyridine rings is 1. The number of carbonyl (C=O) groups excluding carboxylic acids is 2. The molecule has 1 aliphatic heterocycles.